The van der Waals surface area contributed by atoms with E-state index in [1.807, 2.05) is 19.9 Å². The number of rotatable bonds is 6. The van der Waals surface area contributed by atoms with Gasteiger partial charge in [-0.05, 0) is 49.9 Å². The first-order chi connectivity index (χ1) is 11.9. The molecule has 1 aliphatic heterocycles. The van der Waals surface area contributed by atoms with Gasteiger partial charge < -0.3 is 20.5 Å². The van der Waals surface area contributed by atoms with E-state index in [0.29, 0.717) is 25.2 Å². The molecule has 0 aliphatic carbocycles. The zero-order valence-electron chi connectivity index (χ0n) is 14.5. The van der Waals surface area contributed by atoms with Gasteiger partial charge in [0.2, 0.25) is 5.91 Å². The van der Waals surface area contributed by atoms with E-state index >= 15 is 0 Å². The van der Waals surface area contributed by atoms with Gasteiger partial charge in [0.1, 0.15) is 6.04 Å². The summed E-state index contributed by atoms with van der Waals surface area (Å²) in [5.74, 6) is -2.25. The van der Waals surface area contributed by atoms with E-state index in [1.54, 1.807) is 12.1 Å². The molecule has 25 heavy (non-hydrogen) atoms. The first-order valence-electron chi connectivity index (χ1n) is 8.34. The second kappa shape index (κ2) is 8.62. The van der Waals surface area contributed by atoms with Gasteiger partial charge in [-0.1, -0.05) is 6.07 Å². The number of ether oxygens (including phenoxy) is 1. The zero-order chi connectivity index (χ0) is 18.4. The number of hydrogen-bond donors (Lipinski definition) is 3. The maximum Gasteiger partial charge on any atom is 0.326 e. The largest absolute Gasteiger partial charge is 0.480 e. The quantitative estimate of drug-likeness (QED) is 0.712. The number of nitrogens with one attached hydrogen (secondary N) is 2. The van der Waals surface area contributed by atoms with Gasteiger partial charge in [0.25, 0.3) is 5.91 Å². The van der Waals surface area contributed by atoms with Crippen molar-refractivity contribution in [1.29, 1.82) is 0 Å². The number of carboxylic acids is 1. The summed E-state index contributed by atoms with van der Waals surface area (Å²) in [6, 6.07) is 4.27. The Morgan fingerprint density at radius 2 is 2.04 bits per heavy atom. The molecule has 1 aromatic carbocycles. The van der Waals surface area contributed by atoms with Gasteiger partial charge in [0, 0.05) is 18.1 Å². The van der Waals surface area contributed by atoms with E-state index in [2.05, 4.69) is 10.6 Å². The van der Waals surface area contributed by atoms with Crippen molar-refractivity contribution in [3.05, 3.63) is 34.9 Å². The lowest BCUT2D eigenvalue weighted by Gasteiger charge is -2.28. The van der Waals surface area contributed by atoms with Crippen LogP contribution in [-0.2, 0) is 14.3 Å². The number of carbonyl (C=O) groups is 3. The van der Waals surface area contributed by atoms with Crippen molar-refractivity contribution < 1.29 is 24.2 Å². The molecular weight excluding hydrogens is 324 g/mol. The summed E-state index contributed by atoms with van der Waals surface area (Å²) in [4.78, 5) is 35.5. The van der Waals surface area contributed by atoms with Gasteiger partial charge in [-0.2, -0.15) is 0 Å². The lowest BCUT2D eigenvalue weighted by molar-refractivity contribution is -0.145. The Hall–Kier alpha value is -2.41. The number of hydrogen-bond acceptors (Lipinski definition) is 4. The lowest BCUT2D eigenvalue weighted by Crippen LogP contribution is -2.51. The fraction of sp³-hybridized carbons (Fsp3) is 0.500. The highest BCUT2D eigenvalue weighted by molar-refractivity contribution is 5.97. The maximum absolute atomic E-state index is 12.1. The third-order valence-corrected chi connectivity index (χ3v) is 4.43. The van der Waals surface area contributed by atoms with Crippen molar-refractivity contribution in [2.45, 2.75) is 32.7 Å². The van der Waals surface area contributed by atoms with Gasteiger partial charge in [-0.3, -0.25) is 9.59 Å². The summed E-state index contributed by atoms with van der Waals surface area (Å²) >= 11 is 0. The topological polar surface area (TPSA) is 105 Å². The highest BCUT2D eigenvalue weighted by Crippen LogP contribution is 2.17. The van der Waals surface area contributed by atoms with Crippen LogP contribution >= 0.6 is 0 Å². The molecule has 1 aromatic rings. The van der Waals surface area contributed by atoms with E-state index in [-0.39, 0.29) is 18.4 Å². The minimum atomic E-state index is -1.09. The molecule has 136 valence electrons. The monoisotopic (exact) mass is 348 g/mol. The number of aryl methyl sites for hydroxylation is 2. The van der Waals surface area contributed by atoms with Crippen LogP contribution in [0, 0.1) is 19.8 Å². The zero-order valence-corrected chi connectivity index (χ0v) is 14.5. The third kappa shape index (κ3) is 5.29. The molecule has 0 aromatic heterocycles. The molecule has 2 amide bonds. The second-order valence-electron chi connectivity index (χ2n) is 6.34. The molecule has 2 rings (SSSR count). The highest BCUT2D eigenvalue weighted by atomic mass is 16.5. The molecule has 0 spiro atoms. The summed E-state index contributed by atoms with van der Waals surface area (Å²) < 4.78 is 5.29. The Kier molecular flexibility index (Phi) is 6.52. The van der Waals surface area contributed by atoms with Crippen molar-refractivity contribution in [3.63, 3.8) is 0 Å². The third-order valence-electron chi connectivity index (χ3n) is 4.43. The first kappa shape index (κ1) is 18.9. The number of carboxylic acid groups (broad SMARTS) is 1. The van der Waals surface area contributed by atoms with Gasteiger partial charge in [0.05, 0.1) is 13.2 Å². The summed E-state index contributed by atoms with van der Waals surface area (Å²) in [6.07, 6.45) is 1.46. The Labute approximate surface area is 146 Å². The normalized spacial score (nSPS) is 18.2. The molecule has 7 nitrogen and oxygen atoms in total. The van der Waals surface area contributed by atoms with E-state index in [1.165, 1.54) is 0 Å². The summed E-state index contributed by atoms with van der Waals surface area (Å²) in [7, 11) is 0. The molecule has 1 aliphatic rings. The standard InChI is InChI=1S/C18H24N2O5/c1-11-5-6-13(8-12(11)2)17(22)19-9-15(21)20-16(18(23)24)14-4-3-7-25-10-14/h5-6,8,14,16H,3-4,7,9-10H2,1-2H3,(H,19,22)(H,20,21)(H,23,24). The van der Waals surface area contributed by atoms with Crippen LogP contribution < -0.4 is 10.6 Å². The van der Waals surface area contributed by atoms with Crippen molar-refractivity contribution in [3.8, 4) is 0 Å². The van der Waals surface area contributed by atoms with Gasteiger partial charge in [-0.15, -0.1) is 0 Å². The number of carbonyl (C=O) groups excluding carboxylic acids is 2. The Balaban J connectivity index is 1.88. The minimum absolute atomic E-state index is 0.259. The maximum atomic E-state index is 12.1. The molecule has 3 N–H and O–H groups in total. The Morgan fingerprint density at radius 3 is 2.64 bits per heavy atom. The van der Waals surface area contributed by atoms with Crippen molar-refractivity contribution in [2.75, 3.05) is 19.8 Å². The van der Waals surface area contributed by atoms with E-state index in [9.17, 15) is 19.5 Å². The van der Waals surface area contributed by atoms with Gasteiger partial charge >= 0.3 is 5.97 Å². The molecule has 0 radical (unpaired) electrons. The van der Waals surface area contributed by atoms with Gasteiger partial charge in [0.15, 0.2) is 0 Å². The number of amides is 2. The van der Waals surface area contributed by atoms with Crippen LogP contribution in [0.15, 0.2) is 18.2 Å². The Morgan fingerprint density at radius 1 is 1.28 bits per heavy atom. The molecule has 2 unspecified atom stereocenters. The molecular formula is C18H24N2O5. The lowest BCUT2D eigenvalue weighted by atomic mass is 9.93. The SMILES string of the molecule is Cc1ccc(C(=O)NCC(=O)NC(C(=O)O)C2CCCOC2)cc1C. The summed E-state index contributed by atoms with van der Waals surface area (Å²) in [6.45, 7) is 4.51. The average molecular weight is 348 g/mol. The van der Waals surface area contributed by atoms with Crippen LogP contribution in [0.3, 0.4) is 0 Å². The molecule has 1 heterocycles. The summed E-state index contributed by atoms with van der Waals surface area (Å²) in [5.41, 5.74) is 2.53. The summed E-state index contributed by atoms with van der Waals surface area (Å²) in [5, 5.41) is 14.3. The van der Waals surface area contributed by atoms with E-state index < -0.39 is 17.9 Å². The van der Waals surface area contributed by atoms with Crippen LogP contribution in [0.2, 0.25) is 0 Å². The van der Waals surface area contributed by atoms with Crippen LogP contribution in [-0.4, -0.2) is 48.7 Å². The molecule has 2 atom stereocenters. The van der Waals surface area contributed by atoms with Crippen LogP contribution in [0.1, 0.15) is 34.3 Å². The molecule has 0 bridgehead atoms. The average Bonchev–Trinajstić information content (AvgIpc) is 2.60. The van der Waals surface area contributed by atoms with Crippen molar-refractivity contribution in [1.82, 2.24) is 10.6 Å². The molecule has 1 saturated heterocycles. The fourth-order valence-corrected chi connectivity index (χ4v) is 2.78. The van der Waals surface area contributed by atoms with Crippen LogP contribution in [0.5, 0.6) is 0 Å². The van der Waals surface area contributed by atoms with E-state index in [4.69, 9.17) is 4.74 Å². The number of aliphatic carboxylic acids is 1. The smallest absolute Gasteiger partial charge is 0.326 e. The second-order valence-corrected chi connectivity index (χ2v) is 6.34. The molecule has 7 heteroatoms. The molecule has 1 fully saturated rings. The molecule has 0 saturated carbocycles. The fourth-order valence-electron chi connectivity index (χ4n) is 2.78. The van der Waals surface area contributed by atoms with Gasteiger partial charge in [-0.25, -0.2) is 4.79 Å². The van der Waals surface area contributed by atoms with Crippen LogP contribution in [0.25, 0.3) is 0 Å². The van der Waals surface area contributed by atoms with Crippen LogP contribution in [0.4, 0.5) is 0 Å². The Bertz CT molecular complexity index is 653. The van der Waals surface area contributed by atoms with Crippen molar-refractivity contribution in [2.24, 2.45) is 5.92 Å². The number of benzene rings is 1. The minimum Gasteiger partial charge on any atom is -0.480 e. The highest BCUT2D eigenvalue weighted by Gasteiger charge is 2.31. The first-order valence-corrected chi connectivity index (χ1v) is 8.34. The van der Waals surface area contributed by atoms with Crippen molar-refractivity contribution >= 4 is 17.8 Å². The predicted octanol–water partition coefficient (Wildman–Crippen LogP) is 1.03. The van der Waals surface area contributed by atoms with E-state index in [0.717, 1.165) is 17.5 Å². The predicted molar refractivity (Wildman–Crippen MR) is 91.4 cm³/mol.